The number of benzene rings is 2. The number of aromatic nitrogens is 2. The first-order valence-corrected chi connectivity index (χ1v) is 11.1. The summed E-state index contributed by atoms with van der Waals surface area (Å²) in [6.07, 6.45) is 0. The highest BCUT2D eigenvalue weighted by Gasteiger charge is 2.32. The molecular formula is C22H26N4O4S. The number of aryl methyl sites for hydroxylation is 3. The average molecular weight is 443 g/mol. The van der Waals surface area contributed by atoms with Gasteiger partial charge in [-0.1, -0.05) is 17.7 Å². The molecule has 31 heavy (non-hydrogen) atoms. The van der Waals surface area contributed by atoms with Crippen molar-refractivity contribution in [2.45, 2.75) is 25.7 Å². The zero-order chi connectivity index (χ0) is 22.8. The number of rotatable bonds is 7. The van der Waals surface area contributed by atoms with Gasteiger partial charge >= 0.3 is 0 Å². The first-order valence-electron chi connectivity index (χ1n) is 9.67. The molecule has 0 saturated heterocycles. The number of hydrogen-bond donors (Lipinski definition) is 1. The van der Waals surface area contributed by atoms with Crippen molar-refractivity contribution < 1.29 is 17.9 Å². The Bertz CT molecular complexity index is 1180. The van der Waals surface area contributed by atoms with Crippen LogP contribution < -0.4 is 14.4 Å². The summed E-state index contributed by atoms with van der Waals surface area (Å²) in [5.41, 5.74) is 2.87. The van der Waals surface area contributed by atoms with Crippen molar-refractivity contribution in [1.29, 1.82) is 0 Å². The number of carbonyl (C=O) groups is 1. The van der Waals surface area contributed by atoms with Gasteiger partial charge in [-0.15, -0.1) is 0 Å². The molecule has 3 rings (SSSR count). The highest BCUT2D eigenvalue weighted by Crippen LogP contribution is 2.29. The average Bonchev–Trinajstić information content (AvgIpc) is 3.00. The summed E-state index contributed by atoms with van der Waals surface area (Å²) in [6.45, 7) is 4.88. The summed E-state index contributed by atoms with van der Waals surface area (Å²) in [5, 5.41) is 6.99. The Morgan fingerprint density at radius 1 is 1.06 bits per heavy atom. The molecule has 0 unspecified atom stereocenters. The second kappa shape index (κ2) is 8.81. The fraction of sp³-hybridized carbons (Fsp3) is 0.273. The summed E-state index contributed by atoms with van der Waals surface area (Å²) >= 11 is 0. The third kappa shape index (κ3) is 4.72. The third-order valence-electron chi connectivity index (χ3n) is 4.97. The largest absolute Gasteiger partial charge is 0.497 e. The van der Waals surface area contributed by atoms with Gasteiger partial charge < -0.3 is 10.1 Å². The van der Waals surface area contributed by atoms with Crippen LogP contribution in [0.3, 0.4) is 0 Å². The van der Waals surface area contributed by atoms with Crippen LogP contribution in [0.1, 0.15) is 17.0 Å². The molecule has 164 valence electrons. The Morgan fingerprint density at radius 2 is 1.68 bits per heavy atom. The van der Waals surface area contributed by atoms with Gasteiger partial charge in [-0.05, 0) is 57.2 Å². The predicted molar refractivity (Wildman–Crippen MR) is 120 cm³/mol. The lowest BCUT2D eigenvalue weighted by Gasteiger charge is -2.24. The molecule has 0 fully saturated rings. The minimum absolute atomic E-state index is 0.0916. The molecule has 0 saturated carbocycles. The van der Waals surface area contributed by atoms with Crippen LogP contribution in [0.2, 0.25) is 0 Å². The number of sulfonamides is 1. The van der Waals surface area contributed by atoms with Gasteiger partial charge in [0.05, 0.1) is 24.2 Å². The predicted octanol–water partition coefficient (Wildman–Crippen LogP) is 3.19. The van der Waals surface area contributed by atoms with Crippen molar-refractivity contribution >= 4 is 27.3 Å². The first-order chi connectivity index (χ1) is 14.6. The number of nitrogens with one attached hydrogen (secondary N) is 1. The minimum atomic E-state index is -4.06. The van der Waals surface area contributed by atoms with Gasteiger partial charge in [0.25, 0.3) is 10.0 Å². The molecule has 3 aromatic rings. The monoisotopic (exact) mass is 442 g/mol. The van der Waals surface area contributed by atoms with E-state index in [1.54, 1.807) is 57.3 Å². The van der Waals surface area contributed by atoms with Gasteiger partial charge in [0.2, 0.25) is 5.91 Å². The van der Waals surface area contributed by atoms with E-state index >= 15 is 0 Å². The summed E-state index contributed by atoms with van der Waals surface area (Å²) in [6, 6.07) is 13.8. The molecule has 0 aliphatic heterocycles. The van der Waals surface area contributed by atoms with E-state index in [0.29, 0.717) is 28.5 Å². The van der Waals surface area contributed by atoms with Gasteiger partial charge in [0, 0.05) is 12.7 Å². The number of methoxy groups -OCH3 is 1. The number of anilines is 2. The zero-order valence-electron chi connectivity index (χ0n) is 18.2. The summed E-state index contributed by atoms with van der Waals surface area (Å²) in [7, 11) is -0.848. The lowest BCUT2D eigenvalue weighted by atomic mass is 10.2. The van der Waals surface area contributed by atoms with Crippen molar-refractivity contribution in [2.24, 2.45) is 7.05 Å². The van der Waals surface area contributed by atoms with Crippen LogP contribution in [0, 0.1) is 20.8 Å². The number of amides is 1. The summed E-state index contributed by atoms with van der Waals surface area (Å²) < 4.78 is 35.0. The van der Waals surface area contributed by atoms with Crippen molar-refractivity contribution in [3.8, 4) is 5.75 Å². The van der Waals surface area contributed by atoms with Gasteiger partial charge in [-0.25, -0.2) is 8.42 Å². The molecule has 0 bridgehead atoms. The fourth-order valence-corrected chi connectivity index (χ4v) is 5.10. The Balaban J connectivity index is 1.99. The van der Waals surface area contributed by atoms with Crippen molar-refractivity contribution in [1.82, 2.24) is 9.78 Å². The molecule has 0 aliphatic rings. The third-order valence-corrected chi connectivity index (χ3v) is 7.00. The molecule has 1 heterocycles. The highest BCUT2D eigenvalue weighted by molar-refractivity contribution is 7.93. The standard InChI is InChI=1S/C22H26N4O4S/c1-15-6-8-18(9-7-15)23-21(27)14-26(19-10-12-20(30-5)13-11-19)31(28,29)22-16(2)24-25(4)17(22)3/h6-13H,14H2,1-5H3,(H,23,27). The second-order valence-electron chi connectivity index (χ2n) is 7.25. The van der Waals surface area contributed by atoms with E-state index in [-0.39, 0.29) is 4.90 Å². The van der Waals surface area contributed by atoms with E-state index in [9.17, 15) is 13.2 Å². The Labute approximate surface area is 182 Å². The second-order valence-corrected chi connectivity index (χ2v) is 9.05. The maximum absolute atomic E-state index is 13.6. The molecule has 0 spiro atoms. The highest BCUT2D eigenvalue weighted by atomic mass is 32.2. The van der Waals surface area contributed by atoms with E-state index in [1.807, 2.05) is 19.1 Å². The van der Waals surface area contributed by atoms with Gasteiger partial charge in [0.15, 0.2) is 0 Å². The van der Waals surface area contributed by atoms with Crippen LogP contribution in [0.25, 0.3) is 0 Å². The quantitative estimate of drug-likeness (QED) is 0.607. The lowest BCUT2D eigenvalue weighted by molar-refractivity contribution is -0.114. The molecule has 1 amide bonds. The fourth-order valence-electron chi connectivity index (χ4n) is 3.27. The molecule has 8 nitrogen and oxygen atoms in total. The summed E-state index contributed by atoms with van der Waals surface area (Å²) in [4.78, 5) is 12.9. The number of carbonyl (C=O) groups excluding carboxylic acids is 1. The first kappa shape index (κ1) is 22.4. The number of ether oxygens (including phenoxy) is 1. The Morgan fingerprint density at radius 3 is 2.19 bits per heavy atom. The maximum atomic E-state index is 13.6. The molecule has 0 aliphatic carbocycles. The number of hydrogen-bond acceptors (Lipinski definition) is 5. The van der Waals surface area contributed by atoms with Crippen molar-refractivity contribution in [3.05, 3.63) is 65.5 Å². The molecular weight excluding hydrogens is 416 g/mol. The van der Waals surface area contributed by atoms with Crippen LogP contribution in [0.15, 0.2) is 53.4 Å². The van der Waals surface area contributed by atoms with Crippen LogP contribution >= 0.6 is 0 Å². The van der Waals surface area contributed by atoms with E-state index in [2.05, 4.69) is 10.4 Å². The smallest absolute Gasteiger partial charge is 0.268 e. The van der Waals surface area contributed by atoms with E-state index in [0.717, 1.165) is 9.87 Å². The van der Waals surface area contributed by atoms with E-state index in [1.165, 1.54) is 11.8 Å². The SMILES string of the molecule is COc1ccc(N(CC(=O)Nc2ccc(C)cc2)S(=O)(=O)c2c(C)nn(C)c2C)cc1. The van der Waals surface area contributed by atoms with Gasteiger partial charge in [-0.2, -0.15) is 5.10 Å². The van der Waals surface area contributed by atoms with Gasteiger partial charge in [0.1, 0.15) is 17.2 Å². The summed E-state index contributed by atoms with van der Waals surface area (Å²) in [5.74, 6) is 0.126. The molecule has 2 aromatic carbocycles. The van der Waals surface area contributed by atoms with Crippen LogP contribution in [0.5, 0.6) is 5.75 Å². The van der Waals surface area contributed by atoms with Crippen molar-refractivity contribution in [3.63, 3.8) is 0 Å². The zero-order valence-corrected chi connectivity index (χ0v) is 19.0. The van der Waals surface area contributed by atoms with E-state index in [4.69, 9.17) is 4.74 Å². The Hall–Kier alpha value is -3.33. The molecule has 1 aromatic heterocycles. The van der Waals surface area contributed by atoms with Gasteiger partial charge in [-0.3, -0.25) is 13.8 Å². The van der Waals surface area contributed by atoms with Crippen LogP contribution in [0.4, 0.5) is 11.4 Å². The molecule has 0 atom stereocenters. The minimum Gasteiger partial charge on any atom is -0.497 e. The van der Waals surface area contributed by atoms with E-state index < -0.39 is 22.5 Å². The molecule has 0 radical (unpaired) electrons. The number of nitrogens with zero attached hydrogens (tertiary/aromatic N) is 3. The lowest BCUT2D eigenvalue weighted by Crippen LogP contribution is -2.38. The maximum Gasteiger partial charge on any atom is 0.268 e. The Kier molecular flexibility index (Phi) is 6.35. The van der Waals surface area contributed by atoms with Crippen LogP contribution in [-0.4, -0.2) is 37.8 Å². The van der Waals surface area contributed by atoms with Crippen LogP contribution in [-0.2, 0) is 21.9 Å². The normalized spacial score (nSPS) is 11.3. The van der Waals surface area contributed by atoms with Crippen molar-refractivity contribution in [2.75, 3.05) is 23.3 Å². The molecule has 9 heteroatoms. The molecule has 1 N–H and O–H groups in total. The topological polar surface area (TPSA) is 93.5 Å².